The van der Waals surface area contributed by atoms with Crippen LogP contribution in [0.5, 0.6) is 0 Å². The summed E-state index contributed by atoms with van der Waals surface area (Å²) in [5, 5.41) is 0. The molecule has 2 aliphatic carbocycles. The van der Waals surface area contributed by atoms with Crippen molar-refractivity contribution in [1.82, 2.24) is 9.80 Å². The lowest BCUT2D eigenvalue weighted by atomic mass is 9.75. The fourth-order valence-electron chi connectivity index (χ4n) is 6.06. The first-order chi connectivity index (χ1) is 16.5. The summed E-state index contributed by atoms with van der Waals surface area (Å²) in [5.74, 6) is -0.909. The van der Waals surface area contributed by atoms with Crippen molar-refractivity contribution in [3.8, 4) is 0 Å². The molecule has 0 aromatic heterocycles. The number of benzene rings is 1. The van der Waals surface area contributed by atoms with Gasteiger partial charge in [0.1, 0.15) is 5.82 Å². The normalized spacial score (nSPS) is 28.0. The highest BCUT2D eigenvalue weighted by Crippen LogP contribution is 2.44. The zero-order valence-electron chi connectivity index (χ0n) is 19.8. The maximum absolute atomic E-state index is 15.1. The number of rotatable bonds is 8. The summed E-state index contributed by atoms with van der Waals surface area (Å²) >= 11 is 0. The molecule has 2 saturated carbocycles. The van der Waals surface area contributed by atoms with Gasteiger partial charge >= 0.3 is 0 Å². The van der Waals surface area contributed by atoms with Gasteiger partial charge in [0.15, 0.2) is 0 Å². The minimum absolute atomic E-state index is 0.00626. The lowest BCUT2D eigenvalue weighted by Gasteiger charge is -2.34. The molecule has 3 amide bonds. The Labute approximate surface area is 200 Å². The molecule has 2 atom stereocenters. The molecular formula is C27H35FN2O4. The monoisotopic (exact) mass is 470 g/mol. The van der Waals surface area contributed by atoms with E-state index in [-0.39, 0.29) is 42.4 Å². The Hall–Kier alpha value is -2.28. The number of ether oxygens (including phenoxy) is 1. The zero-order valence-corrected chi connectivity index (χ0v) is 19.8. The molecular weight excluding hydrogens is 435 g/mol. The van der Waals surface area contributed by atoms with Crippen LogP contribution in [-0.2, 0) is 24.5 Å². The van der Waals surface area contributed by atoms with Gasteiger partial charge in [-0.25, -0.2) is 4.39 Å². The molecule has 0 bridgehead atoms. The van der Waals surface area contributed by atoms with E-state index in [1.165, 1.54) is 11.0 Å². The molecule has 34 heavy (non-hydrogen) atoms. The summed E-state index contributed by atoms with van der Waals surface area (Å²) in [5.41, 5.74) is -1.31. The van der Waals surface area contributed by atoms with Crippen LogP contribution in [-0.4, -0.2) is 59.4 Å². The molecule has 2 aliphatic heterocycles. The van der Waals surface area contributed by atoms with E-state index in [4.69, 9.17) is 4.74 Å². The fourth-order valence-corrected chi connectivity index (χ4v) is 6.06. The largest absolute Gasteiger partial charge is 0.376 e. The van der Waals surface area contributed by atoms with Gasteiger partial charge in [-0.2, -0.15) is 0 Å². The van der Waals surface area contributed by atoms with Crippen LogP contribution in [0.4, 0.5) is 4.39 Å². The summed E-state index contributed by atoms with van der Waals surface area (Å²) in [6.07, 6.45) is 8.40. The van der Waals surface area contributed by atoms with Crippen molar-refractivity contribution in [3.05, 3.63) is 35.6 Å². The number of likely N-dealkylation sites (tertiary alicyclic amines) is 1. The number of hydrogen-bond donors (Lipinski definition) is 0. The Morgan fingerprint density at radius 2 is 1.79 bits per heavy atom. The Morgan fingerprint density at radius 1 is 1.03 bits per heavy atom. The molecule has 0 N–H and O–H groups in total. The summed E-state index contributed by atoms with van der Waals surface area (Å²) in [4.78, 5) is 44.1. The molecule has 6 nitrogen and oxygen atoms in total. The molecule has 2 saturated heterocycles. The van der Waals surface area contributed by atoms with E-state index >= 15 is 4.39 Å². The maximum atomic E-state index is 15.1. The first kappa shape index (κ1) is 23.5. The Balaban J connectivity index is 1.45. The third-order valence-electron chi connectivity index (χ3n) is 8.11. The van der Waals surface area contributed by atoms with Gasteiger partial charge in [0.05, 0.1) is 11.5 Å². The summed E-state index contributed by atoms with van der Waals surface area (Å²) in [7, 11) is 0. The van der Waals surface area contributed by atoms with Crippen molar-refractivity contribution < 1.29 is 23.5 Å². The Bertz CT molecular complexity index is 936. The average Bonchev–Trinajstić information content (AvgIpc) is 3.43. The molecule has 2 unspecified atom stereocenters. The van der Waals surface area contributed by atoms with E-state index in [9.17, 15) is 14.4 Å². The van der Waals surface area contributed by atoms with Gasteiger partial charge in [-0.1, -0.05) is 37.5 Å². The van der Waals surface area contributed by atoms with Gasteiger partial charge in [-0.3, -0.25) is 19.3 Å². The number of imide groups is 1. The van der Waals surface area contributed by atoms with Crippen molar-refractivity contribution in [2.24, 2.45) is 5.92 Å². The second-order valence-electron chi connectivity index (χ2n) is 10.7. The van der Waals surface area contributed by atoms with E-state index in [0.717, 1.165) is 57.8 Å². The maximum Gasteiger partial charge on any atom is 0.241 e. The van der Waals surface area contributed by atoms with E-state index in [0.29, 0.717) is 25.6 Å². The minimum atomic E-state index is -1.48. The van der Waals surface area contributed by atoms with Gasteiger partial charge in [0.2, 0.25) is 17.7 Å². The summed E-state index contributed by atoms with van der Waals surface area (Å²) in [6.45, 7) is 1.84. The van der Waals surface area contributed by atoms with Crippen LogP contribution < -0.4 is 0 Å². The highest BCUT2D eigenvalue weighted by atomic mass is 19.1. The third kappa shape index (κ3) is 4.64. The minimum Gasteiger partial charge on any atom is -0.376 e. The molecule has 1 aromatic rings. The number of hydrogen-bond acceptors (Lipinski definition) is 4. The van der Waals surface area contributed by atoms with Crippen LogP contribution in [0.25, 0.3) is 0 Å². The standard InChI is InChI=1S/C27H35FN2O4/c28-23-11-5-4-10-22(23)27(16-25(32)30(26(27)33)20-7-2-1-3-8-20)15-24(31)29(17-19-12-13-19)18-21-9-6-14-34-21/h4-5,10-11,19-21H,1-3,6-9,12-18H2. The van der Waals surface area contributed by atoms with E-state index in [1.54, 1.807) is 18.2 Å². The summed E-state index contributed by atoms with van der Waals surface area (Å²) in [6, 6.07) is 6.00. The second kappa shape index (κ2) is 9.76. The smallest absolute Gasteiger partial charge is 0.241 e. The van der Waals surface area contributed by atoms with Gasteiger partial charge in [0, 0.05) is 44.1 Å². The average molecular weight is 471 g/mol. The molecule has 184 valence electrons. The highest BCUT2D eigenvalue weighted by molar-refractivity contribution is 6.11. The number of halogens is 1. The Kier molecular flexibility index (Phi) is 6.74. The van der Waals surface area contributed by atoms with Crippen molar-refractivity contribution in [3.63, 3.8) is 0 Å². The van der Waals surface area contributed by atoms with Crippen LogP contribution in [0, 0.1) is 11.7 Å². The molecule has 1 aromatic carbocycles. The van der Waals surface area contributed by atoms with E-state index < -0.39 is 17.1 Å². The molecule has 7 heteroatoms. The van der Waals surface area contributed by atoms with Crippen molar-refractivity contribution in [2.75, 3.05) is 19.7 Å². The Morgan fingerprint density at radius 3 is 2.47 bits per heavy atom. The van der Waals surface area contributed by atoms with Crippen LogP contribution in [0.1, 0.15) is 76.2 Å². The highest BCUT2D eigenvalue weighted by Gasteiger charge is 2.56. The number of amides is 3. The molecule has 4 aliphatic rings. The van der Waals surface area contributed by atoms with Gasteiger partial charge in [-0.15, -0.1) is 0 Å². The van der Waals surface area contributed by atoms with Crippen LogP contribution in [0.3, 0.4) is 0 Å². The lowest BCUT2D eigenvalue weighted by Crippen LogP contribution is -2.48. The molecule has 0 spiro atoms. The van der Waals surface area contributed by atoms with Crippen molar-refractivity contribution >= 4 is 17.7 Å². The first-order valence-electron chi connectivity index (χ1n) is 13.0. The molecule has 2 heterocycles. The van der Waals surface area contributed by atoms with E-state index in [2.05, 4.69) is 0 Å². The van der Waals surface area contributed by atoms with Crippen molar-refractivity contribution in [2.45, 2.75) is 88.2 Å². The van der Waals surface area contributed by atoms with Crippen LogP contribution in [0.2, 0.25) is 0 Å². The van der Waals surface area contributed by atoms with Gasteiger partial charge in [-0.05, 0) is 50.5 Å². The zero-order chi connectivity index (χ0) is 23.7. The second-order valence-corrected chi connectivity index (χ2v) is 10.7. The topological polar surface area (TPSA) is 66.9 Å². The summed E-state index contributed by atoms with van der Waals surface area (Å²) < 4.78 is 20.9. The van der Waals surface area contributed by atoms with Crippen LogP contribution >= 0.6 is 0 Å². The number of carbonyl (C=O) groups is 3. The first-order valence-corrected chi connectivity index (χ1v) is 13.0. The molecule has 0 radical (unpaired) electrons. The molecule has 5 rings (SSSR count). The molecule has 4 fully saturated rings. The van der Waals surface area contributed by atoms with Gasteiger partial charge < -0.3 is 9.64 Å². The van der Waals surface area contributed by atoms with Gasteiger partial charge in [0.25, 0.3) is 0 Å². The SMILES string of the molecule is O=C(CC1(c2ccccc2F)CC(=O)N(C2CCCCC2)C1=O)N(CC1CC1)CC1CCCO1. The number of carbonyl (C=O) groups excluding carboxylic acids is 3. The lowest BCUT2D eigenvalue weighted by molar-refractivity contribution is -0.145. The third-order valence-corrected chi connectivity index (χ3v) is 8.11. The predicted molar refractivity (Wildman–Crippen MR) is 124 cm³/mol. The van der Waals surface area contributed by atoms with E-state index in [1.807, 2.05) is 4.90 Å². The predicted octanol–water partition coefficient (Wildman–Crippen LogP) is 3.96. The van der Waals surface area contributed by atoms with Crippen molar-refractivity contribution in [1.29, 1.82) is 0 Å². The van der Waals surface area contributed by atoms with Crippen LogP contribution in [0.15, 0.2) is 24.3 Å². The number of nitrogens with zero attached hydrogens (tertiary/aromatic N) is 2. The fraction of sp³-hybridized carbons (Fsp3) is 0.667. The quantitative estimate of drug-likeness (QED) is 0.540.